The molecule has 0 saturated carbocycles. The molecule has 5 heteroatoms. The normalized spacial score (nSPS) is 18.3. The van der Waals surface area contributed by atoms with Crippen LogP contribution >= 0.6 is 0 Å². The number of benzene rings is 2. The highest BCUT2D eigenvalue weighted by Gasteiger charge is 2.42. The number of nitrogens with zero attached hydrogens (tertiary/aromatic N) is 1. The van der Waals surface area contributed by atoms with Crippen LogP contribution < -0.4 is 10.6 Å². The Morgan fingerprint density at radius 1 is 1.05 bits per heavy atom. The van der Waals surface area contributed by atoms with Crippen molar-refractivity contribution >= 4 is 23.2 Å². The van der Waals surface area contributed by atoms with Crippen molar-refractivity contribution in [3.63, 3.8) is 0 Å². The summed E-state index contributed by atoms with van der Waals surface area (Å²) in [6.45, 7) is 0. The molecule has 0 bridgehead atoms. The van der Waals surface area contributed by atoms with Crippen LogP contribution in [0.15, 0.2) is 48.5 Å². The van der Waals surface area contributed by atoms with Crippen LogP contribution in [0.4, 0.5) is 15.8 Å². The lowest BCUT2D eigenvalue weighted by Crippen LogP contribution is -2.31. The Labute approximate surface area is 121 Å². The highest BCUT2D eigenvalue weighted by Crippen LogP contribution is 2.36. The summed E-state index contributed by atoms with van der Waals surface area (Å²) in [5, 5.41) is 0. The molecule has 1 aliphatic heterocycles. The number of para-hydroxylation sites is 1. The Hall–Kier alpha value is -2.69. The van der Waals surface area contributed by atoms with Gasteiger partial charge in [-0.1, -0.05) is 36.4 Å². The summed E-state index contributed by atoms with van der Waals surface area (Å²) >= 11 is 0. The maximum Gasteiger partial charge on any atom is 0.241 e. The SMILES string of the molecule is Nc1cccc(F)c1N1C(=O)CC(c2ccccc2)C1=O. The van der Waals surface area contributed by atoms with E-state index in [1.165, 1.54) is 18.2 Å². The molecule has 0 aromatic heterocycles. The van der Waals surface area contributed by atoms with Crippen molar-refractivity contribution in [1.82, 2.24) is 0 Å². The molecule has 1 aliphatic rings. The fraction of sp³-hybridized carbons (Fsp3) is 0.125. The fourth-order valence-electron chi connectivity index (χ4n) is 2.58. The van der Waals surface area contributed by atoms with Crippen LogP contribution in [0.3, 0.4) is 0 Å². The fourth-order valence-corrected chi connectivity index (χ4v) is 2.58. The predicted molar refractivity (Wildman–Crippen MR) is 77.1 cm³/mol. The third-order valence-electron chi connectivity index (χ3n) is 3.59. The zero-order valence-corrected chi connectivity index (χ0v) is 11.1. The molecule has 2 N–H and O–H groups in total. The maximum absolute atomic E-state index is 14.0. The van der Waals surface area contributed by atoms with Gasteiger partial charge in [-0.05, 0) is 17.7 Å². The van der Waals surface area contributed by atoms with Crippen molar-refractivity contribution in [1.29, 1.82) is 0 Å². The van der Waals surface area contributed by atoms with Gasteiger partial charge in [0.2, 0.25) is 11.8 Å². The van der Waals surface area contributed by atoms with Crippen LogP contribution in [0.2, 0.25) is 0 Å². The first-order valence-electron chi connectivity index (χ1n) is 6.55. The number of hydrogen-bond donors (Lipinski definition) is 1. The Morgan fingerprint density at radius 2 is 1.76 bits per heavy atom. The summed E-state index contributed by atoms with van der Waals surface area (Å²) in [6.07, 6.45) is 0.0244. The number of rotatable bonds is 2. The molecule has 1 saturated heterocycles. The van der Waals surface area contributed by atoms with E-state index in [-0.39, 0.29) is 17.8 Å². The van der Waals surface area contributed by atoms with Gasteiger partial charge in [0.25, 0.3) is 0 Å². The Balaban J connectivity index is 2.02. The Morgan fingerprint density at radius 3 is 2.43 bits per heavy atom. The van der Waals surface area contributed by atoms with Gasteiger partial charge in [0.1, 0.15) is 11.5 Å². The number of imide groups is 1. The number of carbonyl (C=O) groups is 2. The van der Waals surface area contributed by atoms with Gasteiger partial charge in [0.15, 0.2) is 0 Å². The molecule has 3 rings (SSSR count). The molecule has 1 unspecified atom stereocenters. The van der Waals surface area contributed by atoms with E-state index in [1.807, 2.05) is 6.07 Å². The van der Waals surface area contributed by atoms with Crippen LogP contribution in [-0.2, 0) is 9.59 Å². The number of carbonyl (C=O) groups excluding carboxylic acids is 2. The van der Waals surface area contributed by atoms with Crippen LogP contribution in [0.25, 0.3) is 0 Å². The van der Waals surface area contributed by atoms with Gasteiger partial charge in [0, 0.05) is 6.42 Å². The molecule has 2 amide bonds. The number of halogens is 1. The van der Waals surface area contributed by atoms with Gasteiger partial charge >= 0.3 is 0 Å². The third-order valence-corrected chi connectivity index (χ3v) is 3.59. The van der Waals surface area contributed by atoms with Crippen molar-refractivity contribution in [2.75, 3.05) is 10.6 Å². The third kappa shape index (κ3) is 2.16. The zero-order chi connectivity index (χ0) is 15.0. The molecular formula is C16H13FN2O2. The van der Waals surface area contributed by atoms with Gasteiger partial charge in [-0.25, -0.2) is 9.29 Å². The summed E-state index contributed by atoms with van der Waals surface area (Å²) in [5.41, 5.74) is 6.39. The van der Waals surface area contributed by atoms with E-state index < -0.39 is 23.5 Å². The summed E-state index contributed by atoms with van der Waals surface area (Å²) in [6, 6.07) is 13.1. The molecule has 0 spiro atoms. The number of amides is 2. The van der Waals surface area contributed by atoms with Gasteiger partial charge < -0.3 is 5.73 Å². The second-order valence-corrected chi connectivity index (χ2v) is 4.91. The maximum atomic E-state index is 14.0. The van der Waals surface area contributed by atoms with Gasteiger partial charge in [-0.2, -0.15) is 0 Å². The van der Waals surface area contributed by atoms with Gasteiger partial charge in [-0.15, -0.1) is 0 Å². The van der Waals surface area contributed by atoms with Gasteiger partial charge in [-0.3, -0.25) is 9.59 Å². The minimum atomic E-state index is -0.676. The Kier molecular flexibility index (Phi) is 3.17. The standard InChI is InChI=1S/C16H13FN2O2/c17-12-7-4-8-13(18)15(12)19-14(20)9-11(16(19)21)10-5-2-1-3-6-10/h1-8,11H,9,18H2. The first-order chi connectivity index (χ1) is 10.1. The van der Waals surface area contributed by atoms with Crippen molar-refractivity contribution in [2.45, 2.75) is 12.3 Å². The Bertz CT molecular complexity index is 695. The number of hydrogen-bond acceptors (Lipinski definition) is 3. The average molecular weight is 284 g/mol. The highest BCUT2D eigenvalue weighted by atomic mass is 19.1. The van der Waals surface area contributed by atoms with Crippen molar-refractivity contribution < 1.29 is 14.0 Å². The van der Waals surface area contributed by atoms with Crippen molar-refractivity contribution in [3.05, 3.63) is 59.9 Å². The summed E-state index contributed by atoms with van der Waals surface area (Å²) in [7, 11) is 0. The van der Waals surface area contributed by atoms with Crippen LogP contribution in [0.1, 0.15) is 17.9 Å². The average Bonchev–Trinajstić information content (AvgIpc) is 2.76. The van der Waals surface area contributed by atoms with Crippen LogP contribution in [-0.4, -0.2) is 11.8 Å². The van der Waals surface area contributed by atoms with Crippen LogP contribution in [0, 0.1) is 5.82 Å². The van der Waals surface area contributed by atoms with Crippen LogP contribution in [0.5, 0.6) is 0 Å². The molecule has 2 aromatic carbocycles. The van der Waals surface area contributed by atoms with E-state index in [0.717, 1.165) is 10.5 Å². The van der Waals surface area contributed by atoms with Crippen molar-refractivity contribution in [2.24, 2.45) is 0 Å². The molecule has 0 radical (unpaired) electrons. The highest BCUT2D eigenvalue weighted by molar-refractivity contribution is 6.23. The molecule has 1 atom stereocenters. The smallest absolute Gasteiger partial charge is 0.241 e. The van der Waals surface area contributed by atoms with E-state index in [2.05, 4.69) is 0 Å². The van der Waals surface area contributed by atoms with E-state index in [9.17, 15) is 14.0 Å². The van der Waals surface area contributed by atoms with E-state index in [0.29, 0.717) is 0 Å². The molecule has 1 fully saturated rings. The first-order valence-corrected chi connectivity index (χ1v) is 6.55. The largest absolute Gasteiger partial charge is 0.397 e. The molecule has 2 aromatic rings. The molecular weight excluding hydrogens is 271 g/mol. The summed E-state index contributed by atoms with van der Waals surface area (Å²) in [4.78, 5) is 25.5. The molecule has 106 valence electrons. The monoisotopic (exact) mass is 284 g/mol. The summed E-state index contributed by atoms with van der Waals surface area (Å²) < 4.78 is 14.0. The van der Waals surface area contributed by atoms with E-state index in [4.69, 9.17) is 5.73 Å². The number of anilines is 2. The topological polar surface area (TPSA) is 63.4 Å². The van der Waals surface area contributed by atoms with Crippen molar-refractivity contribution in [3.8, 4) is 0 Å². The molecule has 1 heterocycles. The second-order valence-electron chi connectivity index (χ2n) is 4.91. The minimum absolute atomic E-state index is 0.0244. The molecule has 4 nitrogen and oxygen atoms in total. The first kappa shape index (κ1) is 13.3. The number of nitrogen functional groups attached to an aromatic ring is 1. The lowest BCUT2D eigenvalue weighted by atomic mass is 9.98. The molecule has 0 aliphatic carbocycles. The van der Waals surface area contributed by atoms with Gasteiger partial charge in [0.05, 0.1) is 11.6 Å². The molecule has 21 heavy (non-hydrogen) atoms. The lowest BCUT2D eigenvalue weighted by Gasteiger charge is -2.17. The lowest BCUT2D eigenvalue weighted by molar-refractivity contribution is -0.121. The van der Waals surface area contributed by atoms with E-state index >= 15 is 0 Å². The number of nitrogens with two attached hydrogens (primary N) is 1. The van der Waals surface area contributed by atoms with E-state index in [1.54, 1.807) is 24.3 Å². The quantitative estimate of drug-likeness (QED) is 0.680. The second kappa shape index (κ2) is 5.01. The summed E-state index contributed by atoms with van der Waals surface area (Å²) in [5.74, 6) is -2.14. The predicted octanol–water partition coefficient (Wildman–Crippen LogP) is 2.46. The zero-order valence-electron chi connectivity index (χ0n) is 11.1. The minimum Gasteiger partial charge on any atom is -0.397 e.